The molecule has 0 N–H and O–H groups in total. The number of hydrogen-bond acceptors (Lipinski definition) is 10. The van der Waals surface area contributed by atoms with Crippen molar-refractivity contribution in [3.63, 3.8) is 0 Å². The zero-order chi connectivity index (χ0) is 23.8. The number of fused-ring (bicyclic) bond motifs is 2. The Bertz CT molecular complexity index is 1470. The first-order chi connectivity index (χ1) is 17.3. The minimum atomic E-state index is 0.758. The van der Waals surface area contributed by atoms with Crippen LogP contribution in [0.15, 0.2) is 35.3 Å². The molecular weight excluding hydrogens is 531 g/mol. The SMILES string of the molecule is CCCCC(CC)Cc1ccc(-c2nc3c(-c4nccs4)c4nsnc4c(-c4nccs4)c3s2)s1. The summed E-state index contributed by atoms with van der Waals surface area (Å²) in [7, 11) is 0. The fourth-order valence-electron chi connectivity index (χ4n) is 4.43. The number of unbranched alkanes of at least 4 members (excludes halogenated alkanes) is 1. The van der Waals surface area contributed by atoms with Crippen LogP contribution in [0.25, 0.3) is 52.3 Å². The van der Waals surface area contributed by atoms with E-state index in [1.54, 1.807) is 34.0 Å². The molecule has 0 saturated carbocycles. The van der Waals surface area contributed by atoms with Gasteiger partial charge in [-0.3, -0.25) is 0 Å². The minimum Gasteiger partial charge on any atom is -0.244 e. The first-order valence-corrected chi connectivity index (χ1v) is 15.9. The lowest BCUT2D eigenvalue weighted by Crippen LogP contribution is -2.01. The van der Waals surface area contributed by atoms with Crippen molar-refractivity contribution >= 4 is 78.3 Å². The Labute approximate surface area is 223 Å². The Morgan fingerprint density at radius 2 is 1.57 bits per heavy atom. The lowest BCUT2D eigenvalue weighted by Gasteiger charge is -2.12. The van der Waals surface area contributed by atoms with Crippen LogP contribution in [0.2, 0.25) is 0 Å². The van der Waals surface area contributed by atoms with Gasteiger partial charge in [-0.05, 0) is 24.5 Å². The van der Waals surface area contributed by atoms with Crippen LogP contribution in [-0.4, -0.2) is 23.7 Å². The molecule has 0 saturated heterocycles. The lowest BCUT2D eigenvalue weighted by atomic mass is 9.95. The molecule has 5 aromatic heterocycles. The van der Waals surface area contributed by atoms with Crippen LogP contribution in [0.4, 0.5) is 0 Å². The average molecular weight is 554 g/mol. The van der Waals surface area contributed by atoms with Crippen molar-refractivity contribution in [1.82, 2.24) is 23.7 Å². The van der Waals surface area contributed by atoms with Gasteiger partial charge in [0.15, 0.2) is 0 Å². The minimum absolute atomic E-state index is 0.758. The van der Waals surface area contributed by atoms with Gasteiger partial charge >= 0.3 is 0 Å². The first kappa shape index (κ1) is 23.3. The number of rotatable bonds is 9. The molecule has 6 aromatic rings. The summed E-state index contributed by atoms with van der Waals surface area (Å²) in [6, 6.07) is 4.54. The van der Waals surface area contributed by atoms with Crippen LogP contribution in [0.1, 0.15) is 44.4 Å². The van der Waals surface area contributed by atoms with Crippen molar-refractivity contribution in [2.24, 2.45) is 5.92 Å². The Hall–Kier alpha value is -2.11. The molecule has 0 spiro atoms. The quantitative estimate of drug-likeness (QED) is 0.179. The number of aromatic nitrogens is 5. The number of thiophene rings is 1. The van der Waals surface area contributed by atoms with Crippen molar-refractivity contribution < 1.29 is 0 Å². The normalized spacial score (nSPS) is 12.7. The third-order valence-corrected chi connectivity index (χ3v) is 10.7. The highest BCUT2D eigenvalue weighted by molar-refractivity contribution is 7.26. The van der Waals surface area contributed by atoms with E-state index in [9.17, 15) is 0 Å². The zero-order valence-corrected chi connectivity index (χ0v) is 23.4. The first-order valence-electron chi connectivity index (χ1n) is 11.7. The van der Waals surface area contributed by atoms with Crippen LogP contribution in [0.3, 0.4) is 0 Å². The Kier molecular flexibility index (Phi) is 6.72. The molecule has 1 aromatic carbocycles. The van der Waals surface area contributed by atoms with E-state index in [-0.39, 0.29) is 0 Å². The monoisotopic (exact) mass is 553 g/mol. The maximum absolute atomic E-state index is 5.21. The van der Waals surface area contributed by atoms with Gasteiger partial charge < -0.3 is 0 Å². The Morgan fingerprint density at radius 3 is 2.26 bits per heavy atom. The molecule has 0 aliphatic carbocycles. The second-order valence-corrected chi connectivity index (χ2v) is 13.0. The average Bonchev–Trinajstić information content (AvgIpc) is 3.69. The predicted octanol–water partition coefficient (Wildman–Crippen LogP) is 9.04. The van der Waals surface area contributed by atoms with Crippen molar-refractivity contribution in [3.8, 4) is 31.0 Å². The summed E-state index contributed by atoms with van der Waals surface area (Å²) in [5.41, 5.74) is 4.75. The van der Waals surface area contributed by atoms with Crippen LogP contribution in [0.5, 0.6) is 0 Å². The summed E-state index contributed by atoms with van der Waals surface area (Å²) in [4.78, 5) is 17.1. The third-order valence-electron chi connectivity index (χ3n) is 6.25. The van der Waals surface area contributed by atoms with Gasteiger partial charge in [-0.2, -0.15) is 8.75 Å². The molecule has 0 aliphatic heterocycles. The second-order valence-electron chi connectivity index (χ2n) is 8.47. The molecule has 0 aliphatic rings. The number of hydrogen-bond donors (Lipinski definition) is 0. The molecule has 35 heavy (non-hydrogen) atoms. The van der Waals surface area contributed by atoms with Gasteiger partial charge in [0.1, 0.15) is 26.1 Å². The Balaban J connectivity index is 1.49. The van der Waals surface area contributed by atoms with Gasteiger partial charge in [0, 0.05) is 28.0 Å². The van der Waals surface area contributed by atoms with Crippen molar-refractivity contribution in [3.05, 3.63) is 40.2 Å². The molecule has 0 amide bonds. The summed E-state index contributed by atoms with van der Waals surface area (Å²) in [6.45, 7) is 4.59. The van der Waals surface area contributed by atoms with Gasteiger partial charge in [-0.1, -0.05) is 39.5 Å². The summed E-state index contributed by atoms with van der Waals surface area (Å²) >= 11 is 8.11. The highest BCUT2D eigenvalue weighted by Crippen LogP contribution is 2.47. The van der Waals surface area contributed by atoms with Gasteiger partial charge in [0.2, 0.25) is 0 Å². The summed E-state index contributed by atoms with van der Waals surface area (Å²) in [5.74, 6) is 0.758. The topological polar surface area (TPSA) is 64.5 Å². The molecule has 5 heterocycles. The molecular formula is C25H23N5S5. The van der Waals surface area contributed by atoms with Crippen molar-refractivity contribution in [1.29, 1.82) is 0 Å². The maximum Gasteiger partial charge on any atom is 0.134 e. The predicted molar refractivity (Wildman–Crippen MR) is 153 cm³/mol. The van der Waals surface area contributed by atoms with Gasteiger partial charge in [-0.25, -0.2) is 15.0 Å². The summed E-state index contributed by atoms with van der Waals surface area (Å²) < 4.78 is 10.5. The summed E-state index contributed by atoms with van der Waals surface area (Å²) in [5, 5.41) is 6.96. The molecule has 1 atom stereocenters. The Morgan fingerprint density at radius 1 is 0.829 bits per heavy atom. The van der Waals surface area contributed by atoms with Gasteiger partial charge in [0.05, 0.1) is 37.9 Å². The largest absolute Gasteiger partial charge is 0.244 e. The standard InChI is InChI=1S/C25H23N5S5/c1-3-5-6-14(4-2)13-15-7-8-16(33-15)23-28-21-17(24-26-9-11-31-24)19-20(30-35-29-19)18(22(21)34-23)25-27-10-12-32-25/h7-12,14H,3-6,13H2,1-2H3. The van der Waals surface area contributed by atoms with E-state index in [0.29, 0.717) is 0 Å². The maximum atomic E-state index is 5.21. The second kappa shape index (κ2) is 10.1. The van der Waals surface area contributed by atoms with E-state index in [1.807, 2.05) is 34.5 Å². The molecule has 6 rings (SSSR count). The van der Waals surface area contributed by atoms with E-state index in [4.69, 9.17) is 9.36 Å². The van der Waals surface area contributed by atoms with E-state index in [1.165, 1.54) is 47.2 Å². The molecule has 0 bridgehead atoms. The molecule has 5 nitrogen and oxygen atoms in total. The smallest absolute Gasteiger partial charge is 0.134 e. The highest BCUT2D eigenvalue weighted by Gasteiger charge is 2.26. The fraction of sp³-hybridized carbons (Fsp3) is 0.320. The molecule has 1 unspecified atom stereocenters. The molecule has 178 valence electrons. The van der Waals surface area contributed by atoms with Crippen LogP contribution >= 0.6 is 57.1 Å². The number of nitrogens with zero attached hydrogens (tertiary/aromatic N) is 5. The van der Waals surface area contributed by atoms with Crippen LogP contribution in [-0.2, 0) is 6.42 Å². The zero-order valence-electron chi connectivity index (χ0n) is 19.4. The van der Waals surface area contributed by atoms with E-state index >= 15 is 0 Å². The van der Waals surface area contributed by atoms with Gasteiger partial charge in [0.25, 0.3) is 0 Å². The van der Waals surface area contributed by atoms with Crippen molar-refractivity contribution in [2.45, 2.75) is 46.0 Å². The van der Waals surface area contributed by atoms with E-state index < -0.39 is 0 Å². The summed E-state index contributed by atoms with van der Waals surface area (Å²) in [6.07, 6.45) is 9.97. The fourth-order valence-corrected chi connectivity index (χ4v) is 8.72. The number of thiazole rings is 3. The highest BCUT2D eigenvalue weighted by atomic mass is 32.1. The van der Waals surface area contributed by atoms with Crippen LogP contribution < -0.4 is 0 Å². The van der Waals surface area contributed by atoms with E-state index in [2.05, 4.69) is 40.3 Å². The van der Waals surface area contributed by atoms with E-state index in [0.717, 1.165) is 59.7 Å². The lowest BCUT2D eigenvalue weighted by molar-refractivity contribution is 0.452. The van der Waals surface area contributed by atoms with Crippen molar-refractivity contribution in [2.75, 3.05) is 0 Å². The van der Waals surface area contributed by atoms with Crippen LogP contribution in [0, 0.1) is 5.92 Å². The van der Waals surface area contributed by atoms with Gasteiger partial charge in [-0.15, -0.1) is 45.3 Å². The molecule has 0 radical (unpaired) electrons. The molecule has 10 heteroatoms. The number of benzene rings is 1. The molecule has 0 fully saturated rings. The third kappa shape index (κ3) is 4.35.